The molecule has 0 bridgehead atoms. The highest BCUT2D eigenvalue weighted by atomic mass is 19.4. The quantitative estimate of drug-likeness (QED) is 0.759. The van der Waals surface area contributed by atoms with E-state index in [9.17, 15) is 18.0 Å². The standard InChI is InChI=1S/C17H14F3N3O/c1-10(15-22-13-7-2-3-8-14(13)23-15)21-16(24)11-5-4-6-12(9-11)17(18,19)20/h2-10H,1H3,(H,21,24)(H,22,23)/t10-/m0/s1. The third-order valence-electron chi connectivity index (χ3n) is 3.62. The summed E-state index contributed by atoms with van der Waals surface area (Å²) < 4.78 is 38.2. The van der Waals surface area contributed by atoms with E-state index in [1.165, 1.54) is 12.1 Å². The molecule has 1 amide bonds. The average Bonchev–Trinajstić information content (AvgIpc) is 2.98. The maximum Gasteiger partial charge on any atom is 0.416 e. The highest BCUT2D eigenvalue weighted by molar-refractivity contribution is 5.94. The van der Waals surface area contributed by atoms with E-state index in [1.807, 2.05) is 24.3 Å². The van der Waals surface area contributed by atoms with Crippen molar-refractivity contribution < 1.29 is 18.0 Å². The first-order valence-electron chi connectivity index (χ1n) is 7.27. The maximum atomic E-state index is 12.7. The van der Waals surface area contributed by atoms with Crippen molar-refractivity contribution in [2.75, 3.05) is 0 Å². The molecule has 0 fully saturated rings. The molecule has 4 nitrogen and oxygen atoms in total. The van der Waals surface area contributed by atoms with Gasteiger partial charge in [-0.25, -0.2) is 4.98 Å². The molecule has 0 aliphatic carbocycles. The van der Waals surface area contributed by atoms with Crippen molar-refractivity contribution in [3.63, 3.8) is 0 Å². The molecule has 1 heterocycles. The SMILES string of the molecule is C[C@H](NC(=O)c1cccc(C(F)(F)F)c1)c1nc2ccccc2[nH]1. The molecule has 2 aromatic carbocycles. The van der Waals surface area contributed by atoms with Gasteiger partial charge in [-0.2, -0.15) is 13.2 Å². The number of aromatic nitrogens is 2. The third kappa shape index (κ3) is 3.24. The number of fused-ring (bicyclic) bond motifs is 1. The molecule has 0 unspecified atom stereocenters. The van der Waals surface area contributed by atoms with Crippen LogP contribution in [-0.4, -0.2) is 15.9 Å². The first-order chi connectivity index (χ1) is 11.3. The van der Waals surface area contributed by atoms with Crippen LogP contribution in [0, 0.1) is 0 Å². The number of carbonyl (C=O) groups excluding carboxylic acids is 1. The smallest absolute Gasteiger partial charge is 0.342 e. The highest BCUT2D eigenvalue weighted by Gasteiger charge is 2.31. The van der Waals surface area contributed by atoms with Gasteiger partial charge in [-0.15, -0.1) is 0 Å². The van der Waals surface area contributed by atoms with Crippen molar-refractivity contribution >= 4 is 16.9 Å². The Labute approximate surface area is 135 Å². The van der Waals surface area contributed by atoms with Crippen molar-refractivity contribution in [2.45, 2.75) is 19.1 Å². The zero-order valence-electron chi connectivity index (χ0n) is 12.7. The molecule has 24 heavy (non-hydrogen) atoms. The second-order valence-corrected chi connectivity index (χ2v) is 5.41. The Hall–Kier alpha value is -2.83. The van der Waals surface area contributed by atoms with E-state index in [0.29, 0.717) is 5.82 Å². The van der Waals surface area contributed by atoms with Gasteiger partial charge < -0.3 is 10.3 Å². The molecule has 7 heteroatoms. The first-order valence-corrected chi connectivity index (χ1v) is 7.27. The molecular formula is C17H14F3N3O. The lowest BCUT2D eigenvalue weighted by molar-refractivity contribution is -0.137. The summed E-state index contributed by atoms with van der Waals surface area (Å²) in [7, 11) is 0. The van der Waals surface area contributed by atoms with Gasteiger partial charge in [0.15, 0.2) is 0 Å². The number of rotatable bonds is 3. The van der Waals surface area contributed by atoms with Crippen LogP contribution in [0.2, 0.25) is 0 Å². The van der Waals surface area contributed by atoms with Crippen LogP contribution >= 0.6 is 0 Å². The Morgan fingerprint density at radius 2 is 1.92 bits per heavy atom. The van der Waals surface area contributed by atoms with Gasteiger partial charge in [-0.3, -0.25) is 4.79 Å². The molecule has 0 saturated carbocycles. The van der Waals surface area contributed by atoms with Crippen molar-refractivity contribution in [3.05, 3.63) is 65.5 Å². The van der Waals surface area contributed by atoms with E-state index in [0.717, 1.165) is 23.2 Å². The Morgan fingerprint density at radius 1 is 1.17 bits per heavy atom. The number of aromatic amines is 1. The van der Waals surface area contributed by atoms with Crippen LogP contribution in [0.15, 0.2) is 48.5 Å². The predicted molar refractivity (Wildman–Crippen MR) is 83.4 cm³/mol. The number of hydrogen-bond donors (Lipinski definition) is 2. The number of imidazole rings is 1. The maximum absolute atomic E-state index is 12.7. The molecule has 1 atom stereocenters. The molecule has 1 aromatic heterocycles. The van der Waals surface area contributed by atoms with Crippen LogP contribution in [0.3, 0.4) is 0 Å². The molecule has 124 valence electrons. The summed E-state index contributed by atoms with van der Waals surface area (Å²) in [5, 5.41) is 2.65. The summed E-state index contributed by atoms with van der Waals surface area (Å²) in [6, 6.07) is 11.2. The average molecular weight is 333 g/mol. The van der Waals surface area contributed by atoms with Crippen LogP contribution in [-0.2, 0) is 6.18 Å². The van der Waals surface area contributed by atoms with Crippen LogP contribution < -0.4 is 5.32 Å². The largest absolute Gasteiger partial charge is 0.416 e. The molecule has 0 spiro atoms. The number of nitrogens with zero attached hydrogens (tertiary/aromatic N) is 1. The minimum Gasteiger partial charge on any atom is -0.342 e. The Morgan fingerprint density at radius 3 is 2.62 bits per heavy atom. The Balaban J connectivity index is 1.79. The molecule has 0 radical (unpaired) electrons. The van der Waals surface area contributed by atoms with Gasteiger partial charge >= 0.3 is 6.18 Å². The number of amides is 1. The number of hydrogen-bond acceptors (Lipinski definition) is 2. The third-order valence-corrected chi connectivity index (χ3v) is 3.62. The van der Waals surface area contributed by atoms with E-state index in [2.05, 4.69) is 15.3 Å². The monoisotopic (exact) mass is 333 g/mol. The van der Waals surface area contributed by atoms with Gasteiger partial charge in [0.1, 0.15) is 5.82 Å². The zero-order chi connectivity index (χ0) is 17.3. The molecule has 3 rings (SSSR count). The summed E-state index contributed by atoms with van der Waals surface area (Å²) in [6.45, 7) is 1.71. The second kappa shape index (κ2) is 5.99. The first kappa shape index (κ1) is 16.0. The van der Waals surface area contributed by atoms with E-state index >= 15 is 0 Å². The number of carbonyl (C=O) groups is 1. The molecule has 0 aliphatic heterocycles. The minimum absolute atomic E-state index is 0.0483. The number of halogens is 3. The van der Waals surface area contributed by atoms with E-state index < -0.39 is 23.7 Å². The van der Waals surface area contributed by atoms with Crippen LogP contribution in [0.4, 0.5) is 13.2 Å². The fourth-order valence-corrected chi connectivity index (χ4v) is 2.36. The fourth-order valence-electron chi connectivity index (χ4n) is 2.36. The molecule has 0 saturated heterocycles. The van der Waals surface area contributed by atoms with Crippen LogP contribution in [0.1, 0.15) is 34.7 Å². The number of H-pyrrole nitrogens is 1. The Kier molecular flexibility index (Phi) is 4.01. The van der Waals surface area contributed by atoms with Gasteiger partial charge in [0, 0.05) is 5.56 Å². The van der Waals surface area contributed by atoms with Gasteiger partial charge in [-0.05, 0) is 37.3 Å². The number of alkyl halides is 3. The summed E-state index contributed by atoms with van der Waals surface area (Å²) >= 11 is 0. The van der Waals surface area contributed by atoms with Crippen molar-refractivity contribution in [1.82, 2.24) is 15.3 Å². The summed E-state index contributed by atoms with van der Waals surface area (Å²) in [4.78, 5) is 19.7. The highest BCUT2D eigenvalue weighted by Crippen LogP contribution is 2.29. The molecule has 3 aromatic rings. The van der Waals surface area contributed by atoms with E-state index in [4.69, 9.17) is 0 Å². The lowest BCUT2D eigenvalue weighted by atomic mass is 10.1. The van der Waals surface area contributed by atoms with Gasteiger partial charge in [-0.1, -0.05) is 18.2 Å². The summed E-state index contributed by atoms with van der Waals surface area (Å²) in [5.74, 6) is -0.0504. The van der Waals surface area contributed by atoms with Gasteiger partial charge in [0.05, 0.1) is 22.6 Å². The Bertz CT molecular complexity index is 853. The lowest BCUT2D eigenvalue weighted by Gasteiger charge is -2.13. The zero-order valence-corrected chi connectivity index (χ0v) is 12.7. The van der Waals surface area contributed by atoms with Crippen molar-refractivity contribution in [2.24, 2.45) is 0 Å². The van der Waals surface area contributed by atoms with Crippen molar-refractivity contribution in [3.8, 4) is 0 Å². The summed E-state index contributed by atoms with van der Waals surface area (Å²) in [5.41, 5.74) is 0.680. The van der Waals surface area contributed by atoms with E-state index in [-0.39, 0.29) is 5.56 Å². The molecular weight excluding hydrogens is 319 g/mol. The minimum atomic E-state index is -4.49. The van der Waals surface area contributed by atoms with Crippen molar-refractivity contribution in [1.29, 1.82) is 0 Å². The predicted octanol–water partition coefficient (Wildman–Crippen LogP) is 4.07. The van der Waals surface area contributed by atoms with Gasteiger partial charge in [0.25, 0.3) is 5.91 Å². The normalized spacial score (nSPS) is 13.0. The number of nitrogens with one attached hydrogen (secondary N) is 2. The van der Waals surface area contributed by atoms with E-state index in [1.54, 1.807) is 6.92 Å². The van der Waals surface area contributed by atoms with Crippen LogP contribution in [0.5, 0.6) is 0 Å². The van der Waals surface area contributed by atoms with Crippen LogP contribution in [0.25, 0.3) is 11.0 Å². The molecule has 0 aliphatic rings. The second-order valence-electron chi connectivity index (χ2n) is 5.41. The molecule has 2 N–H and O–H groups in total. The number of para-hydroxylation sites is 2. The summed E-state index contributed by atoms with van der Waals surface area (Å²) in [6.07, 6.45) is -4.49. The topological polar surface area (TPSA) is 57.8 Å². The lowest BCUT2D eigenvalue weighted by Crippen LogP contribution is -2.27. The van der Waals surface area contributed by atoms with Gasteiger partial charge in [0.2, 0.25) is 0 Å². The number of benzene rings is 2. The fraction of sp³-hybridized carbons (Fsp3) is 0.176.